The molecule has 5 heteroatoms. The average Bonchev–Trinajstić information content (AvgIpc) is 2.84. The van der Waals surface area contributed by atoms with Crippen LogP contribution >= 0.6 is 11.6 Å². The van der Waals surface area contributed by atoms with Crippen molar-refractivity contribution in [3.05, 3.63) is 30.0 Å². The van der Waals surface area contributed by atoms with E-state index in [1.54, 1.807) is 4.68 Å². The minimum absolute atomic E-state index is 0.0369. The molecule has 0 unspecified atom stereocenters. The van der Waals surface area contributed by atoms with Crippen molar-refractivity contribution in [3.8, 4) is 0 Å². The van der Waals surface area contributed by atoms with Crippen LogP contribution in [-0.4, -0.2) is 39.6 Å². The van der Waals surface area contributed by atoms with Gasteiger partial charge in [0.2, 0.25) is 0 Å². The fourth-order valence-corrected chi connectivity index (χ4v) is 3.12. The topological polar surface area (TPSA) is 38.1 Å². The Labute approximate surface area is 123 Å². The summed E-state index contributed by atoms with van der Waals surface area (Å²) in [6.45, 7) is 1.56. The molecule has 1 aliphatic rings. The number of hydrogen-bond donors (Lipinski definition) is 0. The number of alkyl halides is 1. The highest BCUT2D eigenvalue weighted by Gasteiger charge is 2.26. The molecule has 0 aliphatic carbocycles. The fourth-order valence-electron chi connectivity index (χ4n) is 2.81. The third-order valence-corrected chi connectivity index (χ3v) is 4.52. The van der Waals surface area contributed by atoms with E-state index in [0.29, 0.717) is 17.5 Å². The second kappa shape index (κ2) is 5.44. The van der Waals surface area contributed by atoms with Crippen molar-refractivity contribution in [2.45, 2.75) is 12.8 Å². The van der Waals surface area contributed by atoms with E-state index < -0.39 is 0 Å². The molecular formula is C15H18ClN3O. The molecule has 0 spiro atoms. The molecule has 0 atom stereocenters. The molecule has 1 saturated heterocycles. The van der Waals surface area contributed by atoms with Crippen LogP contribution < -0.4 is 0 Å². The van der Waals surface area contributed by atoms with E-state index in [1.165, 1.54) is 0 Å². The van der Waals surface area contributed by atoms with Crippen LogP contribution in [-0.2, 0) is 7.05 Å². The van der Waals surface area contributed by atoms with E-state index in [0.717, 1.165) is 36.8 Å². The molecule has 4 nitrogen and oxygen atoms in total. The SMILES string of the molecule is Cn1nc(C(=O)N2CCC(CCl)CC2)c2ccccc21. The first-order chi connectivity index (χ1) is 9.70. The highest BCUT2D eigenvalue weighted by Crippen LogP contribution is 2.23. The minimum atomic E-state index is 0.0369. The van der Waals surface area contributed by atoms with Crippen LogP contribution in [0.3, 0.4) is 0 Å². The van der Waals surface area contributed by atoms with Gasteiger partial charge in [-0.2, -0.15) is 5.10 Å². The van der Waals surface area contributed by atoms with Crippen LogP contribution in [0, 0.1) is 5.92 Å². The largest absolute Gasteiger partial charge is 0.337 e. The van der Waals surface area contributed by atoms with Crippen molar-refractivity contribution in [2.75, 3.05) is 19.0 Å². The summed E-state index contributed by atoms with van der Waals surface area (Å²) in [5.41, 5.74) is 1.55. The van der Waals surface area contributed by atoms with Crippen molar-refractivity contribution in [1.29, 1.82) is 0 Å². The lowest BCUT2D eigenvalue weighted by atomic mass is 9.98. The molecule has 0 radical (unpaired) electrons. The second-order valence-corrected chi connectivity index (χ2v) is 5.69. The van der Waals surface area contributed by atoms with Crippen LogP contribution in [0.4, 0.5) is 0 Å². The van der Waals surface area contributed by atoms with Gasteiger partial charge in [-0.25, -0.2) is 0 Å². The molecule has 106 valence electrons. The van der Waals surface area contributed by atoms with Gasteiger partial charge >= 0.3 is 0 Å². The number of carbonyl (C=O) groups excluding carboxylic acids is 1. The molecule has 0 bridgehead atoms. The number of likely N-dealkylation sites (tertiary alicyclic amines) is 1. The molecule has 2 heterocycles. The van der Waals surface area contributed by atoms with Gasteiger partial charge in [-0.05, 0) is 24.8 Å². The monoisotopic (exact) mass is 291 g/mol. The Morgan fingerprint density at radius 1 is 1.35 bits per heavy atom. The molecular weight excluding hydrogens is 274 g/mol. The lowest BCUT2D eigenvalue weighted by Crippen LogP contribution is -2.39. The number of benzene rings is 1. The van der Waals surface area contributed by atoms with Gasteiger partial charge in [-0.15, -0.1) is 11.6 Å². The predicted molar refractivity (Wildman–Crippen MR) is 80.1 cm³/mol. The minimum Gasteiger partial charge on any atom is -0.337 e. The third-order valence-electron chi connectivity index (χ3n) is 4.08. The van der Waals surface area contributed by atoms with E-state index in [-0.39, 0.29) is 5.91 Å². The zero-order chi connectivity index (χ0) is 14.1. The number of rotatable bonds is 2. The maximum absolute atomic E-state index is 12.6. The predicted octanol–water partition coefficient (Wildman–Crippen LogP) is 2.66. The van der Waals surface area contributed by atoms with E-state index in [4.69, 9.17) is 11.6 Å². The quantitative estimate of drug-likeness (QED) is 0.798. The molecule has 1 aliphatic heterocycles. The van der Waals surface area contributed by atoms with Gasteiger partial charge in [-0.1, -0.05) is 18.2 Å². The van der Waals surface area contributed by atoms with Crippen molar-refractivity contribution in [2.24, 2.45) is 13.0 Å². The fraction of sp³-hybridized carbons (Fsp3) is 0.467. The Morgan fingerprint density at radius 3 is 2.75 bits per heavy atom. The van der Waals surface area contributed by atoms with Crippen LogP contribution in [0.2, 0.25) is 0 Å². The van der Waals surface area contributed by atoms with Gasteiger partial charge in [-0.3, -0.25) is 9.48 Å². The first-order valence-corrected chi connectivity index (χ1v) is 7.51. The Morgan fingerprint density at radius 2 is 2.05 bits per heavy atom. The van der Waals surface area contributed by atoms with Gasteiger partial charge < -0.3 is 4.90 Å². The lowest BCUT2D eigenvalue weighted by Gasteiger charge is -2.30. The number of amides is 1. The molecule has 1 aromatic heterocycles. The van der Waals surface area contributed by atoms with Crippen LogP contribution in [0.15, 0.2) is 24.3 Å². The van der Waals surface area contributed by atoms with E-state index in [9.17, 15) is 4.79 Å². The van der Waals surface area contributed by atoms with Crippen LogP contribution in [0.25, 0.3) is 10.9 Å². The number of piperidine rings is 1. The van der Waals surface area contributed by atoms with E-state index >= 15 is 0 Å². The van der Waals surface area contributed by atoms with Gasteiger partial charge in [0.25, 0.3) is 5.91 Å². The van der Waals surface area contributed by atoms with Crippen LogP contribution in [0.5, 0.6) is 0 Å². The highest BCUT2D eigenvalue weighted by molar-refractivity contribution is 6.18. The number of nitrogens with zero attached hydrogens (tertiary/aromatic N) is 3. The summed E-state index contributed by atoms with van der Waals surface area (Å²) in [6.07, 6.45) is 1.97. The normalized spacial score (nSPS) is 16.8. The summed E-state index contributed by atoms with van der Waals surface area (Å²) in [4.78, 5) is 14.5. The maximum atomic E-state index is 12.6. The third kappa shape index (κ3) is 2.29. The molecule has 0 N–H and O–H groups in total. The summed E-state index contributed by atoms with van der Waals surface area (Å²) in [5, 5.41) is 5.33. The van der Waals surface area contributed by atoms with Gasteiger partial charge in [0.1, 0.15) is 0 Å². The number of fused-ring (bicyclic) bond motifs is 1. The standard InChI is InChI=1S/C15H18ClN3O/c1-18-13-5-3-2-4-12(13)14(17-18)15(20)19-8-6-11(10-16)7-9-19/h2-5,11H,6-10H2,1H3. The van der Waals surface area contributed by atoms with E-state index in [1.807, 2.05) is 36.2 Å². The maximum Gasteiger partial charge on any atom is 0.275 e. The van der Waals surface area contributed by atoms with Crippen molar-refractivity contribution in [3.63, 3.8) is 0 Å². The Balaban J connectivity index is 1.86. The number of hydrogen-bond acceptors (Lipinski definition) is 2. The molecule has 3 rings (SSSR count). The zero-order valence-corrected chi connectivity index (χ0v) is 12.3. The summed E-state index contributed by atoms with van der Waals surface area (Å²) in [6, 6.07) is 7.85. The van der Waals surface area contributed by atoms with E-state index in [2.05, 4.69) is 5.10 Å². The summed E-state index contributed by atoms with van der Waals surface area (Å²) >= 11 is 5.89. The number of halogens is 1. The van der Waals surface area contributed by atoms with Crippen LogP contribution in [0.1, 0.15) is 23.3 Å². The first-order valence-electron chi connectivity index (χ1n) is 6.97. The lowest BCUT2D eigenvalue weighted by molar-refractivity contribution is 0.0693. The van der Waals surface area contributed by atoms with Gasteiger partial charge in [0.15, 0.2) is 5.69 Å². The molecule has 20 heavy (non-hydrogen) atoms. The van der Waals surface area contributed by atoms with Crippen molar-refractivity contribution in [1.82, 2.24) is 14.7 Å². The average molecular weight is 292 g/mol. The summed E-state index contributed by atoms with van der Waals surface area (Å²) in [5.74, 6) is 1.27. The summed E-state index contributed by atoms with van der Waals surface area (Å²) in [7, 11) is 1.87. The number of para-hydroxylation sites is 1. The zero-order valence-electron chi connectivity index (χ0n) is 11.6. The molecule has 0 saturated carbocycles. The van der Waals surface area contributed by atoms with Gasteiger partial charge in [0.05, 0.1) is 5.52 Å². The Bertz CT molecular complexity index is 629. The smallest absolute Gasteiger partial charge is 0.275 e. The molecule has 1 aromatic carbocycles. The summed E-state index contributed by atoms with van der Waals surface area (Å²) < 4.78 is 1.77. The number of aryl methyl sites for hydroxylation is 1. The second-order valence-electron chi connectivity index (χ2n) is 5.38. The first kappa shape index (κ1) is 13.4. The Kier molecular flexibility index (Phi) is 3.66. The van der Waals surface area contributed by atoms with Crippen molar-refractivity contribution >= 4 is 28.4 Å². The number of aromatic nitrogens is 2. The molecule has 1 amide bonds. The Hall–Kier alpha value is -1.55. The molecule has 2 aromatic rings. The number of carbonyl (C=O) groups is 1. The van der Waals surface area contributed by atoms with Crippen molar-refractivity contribution < 1.29 is 4.79 Å². The van der Waals surface area contributed by atoms with Gasteiger partial charge in [0, 0.05) is 31.4 Å². The highest BCUT2D eigenvalue weighted by atomic mass is 35.5. The molecule has 1 fully saturated rings.